The molecule has 0 saturated carbocycles. The monoisotopic (exact) mass is 291 g/mol. The van der Waals surface area contributed by atoms with Crippen molar-refractivity contribution in [2.24, 2.45) is 0 Å². The predicted octanol–water partition coefficient (Wildman–Crippen LogP) is 1.18. The summed E-state index contributed by atoms with van der Waals surface area (Å²) in [5.41, 5.74) is -0.257. The molecule has 1 N–H and O–H groups in total. The number of aliphatic hydroxyl groups excluding tert-OH is 1. The molecule has 1 atom stereocenters. The Balaban J connectivity index is 3.20. The predicted molar refractivity (Wildman–Crippen MR) is 61.6 cm³/mol. The second-order valence-corrected chi connectivity index (χ2v) is 3.73. The summed E-state index contributed by atoms with van der Waals surface area (Å²) in [6, 6.07) is 4.49. The summed E-state index contributed by atoms with van der Waals surface area (Å²) in [7, 11) is 0.868. The van der Waals surface area contributed by atoms with Gasteiger partial charge in [0.15, 0.2) is 6.04 Å². The minimum atomic E-state index is -5.13. The summed E-state index contributed by atoms with van der Waals surface area (Å²) in [6.07, 6.45) is -5.13. The zero-order valence-corrected chi connectivity index (χ0v) is 10.4. The van der Waals surface area contributed by atoms with Gasteiger partial charge in [-0.1, -0.05) is 18.2 Å². The number of rotatable bonds is 4. The van der Waals surface area contributed by atoms with Crippen LogP contribution in [0.1, 0.15) is 10.4 Å². The fraction of sp³-hybridized carbons (Fsp3) is 0.333. The van der Waals surface area contributed by atoms with Crippen molar-refractivity contribution < 1.29 is 32.6 Å². The van der Waals surface area contributed by atoms with E-state index in [1.165, 1.54) is 30.3 Å². The quantitative estimate of drug-likeness (QED) is 0.668. The lowest BCUT2D eigenvalue weighted by Crippen LogP contribution is -2.54. The Morgan fingerprint density at radius 3 is 2.25 bits per heavy atom. The molecule has 1 aromatic carbocycles. The second-order valence-electron chi connectivity index (χ2n) is 3.73. The third-order valence-corrected chi connectivity index (χ3v) is 2.47. The number of methoxy groups -OCH3 is 1. The summed E-state index contributed by atoms with van der Waals surface area (Å²) in [5.74, 6) is -2.79. The fourth-order valence-electron chi connectivity index (χ4n) is 1.55. The zero-order valence-electron chi connectivity index (χ0n) is 10.4. The lowest BCUT2D eigenvalue weighted by atomic mass is 10.1. The molecule has 1 amide bonds. The number of esters is 1. The highest BCUT2D eigenvalue weighted by Gasteiger charge is 2.48. The zero-order chi connectivity index (χ0) is 15.3. The molecule has 0 aliphatic heterocycles. The number of carbonyl (C=O) groups excluding carboxylic acids is 2. The van der Waals surface area contributed by atoms with Crippen molar-refractivity contribution in [2.45, 2.75) is 12.3 Å². The number of halogens is 3. The highest BCUT2D eigenvalue weighted by molar-refractivity contribution is 5.97. The van der Waals surface area contributed by atoms with Crippen molar-refractivity contribution in [3.05, 3.63) is 35.9 Å². The Bertz CT molecular complexity index is 475. The van der Waals surface area contributed by atoms with Crippen molar-refractivity contribution in [2.75, 3.05) is 13.7 Å². The molecule has 0 radical (unpaired) electrons. The van der Waals surface area contributed by atoms with Gasteiger partial charge in [0.25, 0.3) is 5.91 Å². The molecule has 0 heterocycles. The smallest absolute Gasteiger partial charge is 0.467 e. The number of hydrogen-bond donors (Lipinski definition) is 1. The third kappa shape index (κ3) is 3.47. The standard InChI is InChI=1S/C12H12F3NO4/c1-20-11(19)9(7-17)16(12(13,14)15)10(18)8-5-3-2-4-6-8/h2-6,9,17H,7H2,1H3. The Labute approximate surface area is 112 Å². The highest BCUT2D eigenvalue weighted by atomic mass is 19.4. The SMILES string of the molecule is COC(=O)C(CO)N(C(=O)c1ccccc1)C(F)(F)F. The van der Waals surface area contributed by atoms with Crippen LogP contribution in [-0.4, -0.2) is 47.9 Å². The summed E-state index contributed by atoms with van der Waals surface area (Å²) in [5, 5.41) is 8.96. The Morgan fingerprint density at radius 1 is 1.30 bits per heavy atom. The number of carbonyl (C=O) groups is 2. The summed E-state index contributed by atoms with van der Waals surface area (Å²) >= 11 is 0. The van der Waals surface area contributed by atoms with E-state index in [0.717, 1.165) is 7.11 Å². The first-order valence-electron chi connectivity index (χ1n) is 5.47. The molecule has 0 bridgehead atoms. The maximum Gasteiger partial charge on any atom is 0.488 e. The molecule has 0 aromatic heterocycles. The minimum absolute atomic E-state index is 0.257. The first-order valence-corrected chi connectivity index (χ1v) is 5.47. The fourth-order valence-corrected chi connectivity index (χ4v) is 1.55. The maximum absolute atomic E-state index is 13.0. The van der Waals surface area contributed by atoms with E-state index < -0.39 is 35.7 Å². The number of nitrogens with zero attached hydrogens (tertiary/aromatic N) is 1. The van der Waals surface area contributed by atoms with Gasteiger partial charge in [-0.05, 0) is 12.1 Å². The van der Waals surface area contributed by atoms with Gasteiger partial charge in [-0.3, -0.25) is 4.79 Å². The van der Waals surface area contributed by atoms with Gasteiger partial charge < -0.3 is 9.84 Å². The van der Waals surface area contributed by atoms with Gasteiger partial charge in [-0.2, -0.15) is 0 Å². The summed E-state index contributed by atoms with van der Waals surface area (Å²) in [6.45, 7) is -1.20. The van der Waals surface area contributed by atoms with Crippen molar-refractivity contribution in [1.29, 1.82) is 0 Å². The number of hydrogen-bond acceptors (Lipinski definition) is 4. The van der Waals surface area contributed by atoms with Crippen molar-refractivity contribution in [3.8, 4) is 0 Å². The first-order chi connectivity index (χ1) is 9.32. The van der Waals surface area contributed by atoms with Gasteiger partial charge >= 0.3 is 12.3 Å². The summed E-state index contributed by atoms with van der Waals surface area (Å²) in [4.78, 5) is 22.5. The van der Waals surface area contributed by atoms with Crippen LogP contribution >= 0.6 is 0 Å². The van der Waals surface area contributed by atoms with E-state index in [1.54, 1.807) is 0 Å². The topological polar surface area (TPSA) is 66.8 Å². The number of benzene rings is 1. The van der Waals surface area contributed by atoms with E-state index in [-0.39, 0.29) is 5.56 Å². The van der Waals surface area contributed by atoms with E-state index in [1.807, 2.05) is 0 Å². The average Bonchev–Trinajstić information content (AvgIpc) is 2.42. The number of ether oxygens (including phenoxy) is 1. The summed E-state index contributed by atoms with van der Waals surface area (Å²) < 4.78 is 43.1. The van der Waals surface area contributed by atoms with Gasteiger partial charge in [-0.15, -0.1) is 13.2 Å². The van der Waals surface area contributed by atoms with E-state index in [9.17, 15) is 22.8 Å². The van der Waals surface area contributed by atoms with Crippen LogP contribution in [0.15, 0.2) is 30.3 Å². The first kappa shape index (κ1) is 16.0. The van der Waals surface area contributed by atoms with E-state index in [4.69, 9.17) is 5.11 Å². The van der Waals surface area contributed by atoms with Crippen molar-refractivity contribution >= 4 is 11.9 Å². The molecule has 0 spiro atoms. The second kappa shape index (κ2) is 6.38. The largest absolute Gasteiger partial charge is 0.488 e. The molecule has 110 valence electrons. The van der Waals surface area contributed by atoms with Crippen LogP contribution < -0.4 is 0 Å². The molecule has 0 fully saturated rings. The Morgan fingerprint density at radius 2 is 1.85 bits per heavy atom. The van der Waals surface area contributed by atoms with Crippen LogP contribution in [-0.2, 0) is 9.53 Å². The van der Waals surface area contributed by atoms with E-state index >= 15 is 0 Å². The molecule has 5 nitrogen and oxygen atoms in total. The van der Waals surface area contributed by atoms with Crippen LogP contribution in [0.3, 0.4) is 0 Å². The number of amides is 1. The molecule has 20 heavy (non-hydrogen) atoms. The molecule has 8 heteroatoms. The minimum Gasteiger partial charge on any atom is -0.467 e. The molecule has 0 saturated heterocycles. The van der Waals surface area contributed by atoms with Crippen LogP contribution in [0.2, 0.25) is 0 Å². The van der Waals surface area contributed by atoms with Crippen LogP contribution in [0, 0.1) is 0 Å². The number of aliphatic hydroxyl groups is 1. The van der Waals surface area contributed by atoms with E-state index in [2.05, 4.69) is 4.74 Å². The van der Waals surface area contributed by atoms with Crippen LogP contribution in [0.4, 0.5) is 13.2 Å². The third-order valence-electron chi connectivity index (χ3n) is 2.47. The van der Waals surface area contributed by atoms with Gasteiger partial charge in [0.1, 0.15) is 0 Å². The molecule has 1 rings (SSSR count). The molecule has 1 aromatic rings. The molecular weight excluding hydrogens is 279 g/mol. The van der Waals surface area contributed by atoms with Crippen molar-refractivity contribution in [1.82, 2.24) is 4.90 Å². The lowest BCUT2D eigenvalue weighted by Gasteiger charge is -2.30. The maximum atomic E-state index is 13.0. The highest BCUT2D eigenvalue weighted by Crippen LogP contribution is 2.26. The molecular formula is C12H12F3NO4. The molecule has 0 aliphatic rings. The van der Waals surface area contributed by atoms with Gasteiger partial charge in [0, 0.05) is 5.56 Å². The van der Waals surface area contributed by atoms with Gasteiger partial charge in [0.2, 0.25) is 0 Å². The van der Waals surface area contributed by atoms with Crippen LogP contribution in [0.5, 0.6) is 0 Å². The van der Waals surface area contributed by atoms with Gasteiger partial charge in [0.05, 0.1) is 13.7 Å². The number of alkyl halides is 3. The molecule has 0 aliphatic carbocycles. The Kier molecular flexibility index (Phi) is 5.09. The van der Waals surface area contributed by atoms with E-state index in [0.29, 0.717) is 0 Å². The Hall–Kier alpha value is -2.09. The lowest BCUT2D eigenvalue weighted by molar-refractivity contribution is -0.241. The van der Waals surface area contributed by atoms with Gasteiger partial charge in [-0.25, -0.2) is 9.69 Å². The normalized spacial score (nSPS) is 12.7. The molecule has 1 unspecified atom stereocenters. The van der Waals surface area contributed by atoms with Crippen LogP contribution in [0.25, 0.3) is 0 Å². The average molecular weight is 291 g/mol. The van der Waals surface area contributed by atoms with Crippen molar-refractivity contribution in [3.63, 3.8) is 0 Å².